The number of benzene rings is 1. The van der Waals surface area contributed by atoms with E-state index in [4.69, 9.17) is 14.9 Å². The third-order valence-corrected chi connectivity index (χ3v) is 2.56. The molecule has 2 N–H and O–H groups in total. The fraction of sp³-hybridized carbons (Fsp3) is 0.154. The van der Waals surface area contributed by atoms with E-state index >= 15 is 0 Å². The lowest BCUT2D eigenvalue weighted by molar-refractivity contribution is 0.0567. The van der Waals surface area contributed by atoms with Crippen molar-refractivity contribution in [3.63, 3.8) is 0 Å². The molecule has 1 aromatic carbocycles. The number of halogens is 1. The van der Waals surface area contributed by atoms with Gasteiger partial charge in [0.25, 0.3) is 0 Å². The van der Waals surface area contributed by atoms with Crippen LogP contribution in [-0.4, -0.2) is 20.2 Å². The molecule has 6 heteroatoms. The van der Waals surface area contributed by atoms with Crippen molar-refractivity contribution < 1.29 is 23.1 Å². The molecule has 0 saturated carbocycles. The van der Waals surface area contributed by atoms with E-state index in [-0.39, 0.29) is 17.2 Å². The van der Waals surface area contributed by atoms with Crippen LogP contribution in [-0.2, 0) is 4.74 Å². The van der Waals surface area contributed by atoms with E-state index in [9.17, 15) is 9.18 Å². The zero-order valence-electron chi connectivity index (χ0n) is 10.4. The SMILES string of the molecule is COC(=O)c1oc(-c2cc(F)ccc2OC)cc1N. The predicted molar refractivity (Wildman–Crippen MR) is 66.4 cm³/mol. The van der Waals surface area contributed by atoms with Crippen LogP contribution in [0.3, 0.4) is 0 Å². The second-order valence-electron chi connectivity index (χ2n) is 3.73. The summed E-state index contributed by atoms with van der Waals surface area (Å²) in [5, 5.41) is 0. The number of esters is 1. The maximum Gasteiger partial charge on any atom is 0.376 e. The van der Waals surface area contributed by atoms with Crippen LogP contribution in [0, 0.1) is 5.82 Å². The molecule has 0 spiro atoms. The molecule has 0 saturated heterocycles. The third-order valence-electron chi connectivity index (χ3n) is 2.56. The second kappa shape index (κ2) is 5.01. The van der Waals surface area contributed by atoms with E-state index in [2.05, 4.69) is 4.74 Å². The lowest BCUT2D eigenvalue weighted by Crippen LogP contribution is -2.02. The molecule has 0 fully saturated rings. The van der Waals surface area contributed by atoms with Crippen LogP contribution in [0.15, 0.2) is 28.7 Å². The number of rotatable bonds is 3. The van der Waals surface area contributed by atoms with Crippen LogP contribution < -0.4 is 10.5 Å². The van der Waals surface area contributed by atoms with Crippen molar-refractivity contribution in [3.8, 4) is 17.1 Å². The van der Waals surface area contributed by atoms with E-state index < -0.39 is 11.8 Å². The minimum atomic E-state index is -0.695. The van der Waals surface area contributed by atoms with E-state index in [0.29, 0.717) is 11.3 Å². The summed E-state index contributed by atoms with van der Waals surface area (Å²) in [6, 6.07) is 5.37. The first-order chi connectivity index (χ1) is 9.06. The molecule has 0 unspecified atom stereocenters. The average molecular weight is 265 g/mol. The number of hydrogen-bond donors (Lipinski definition) is 1. The molecule has 0 aliphatic rings. The molecule has 1 heterocycles. The maximum atomic E-state index is 13.3. The fourth-order valence-corrected chi connectivity index (χ4v) is 1.66. The van der Waals surface area contributed by atoms with Gasteiger partial charge in [-0.25, -0.2) is 9.18 Å². The van der Waals surface area contributed by atoms with Gasteiger partial charge in [-0.2, -0.15) is 0 Å². The van der Waals surface area contributed by atoms with Gasteiger partial charge in [0.2, 0.25) is 5.76 Å². The van der Waals surface area contributed by atoms with Crippen molar-refractivity contribution in [2.45, 2.75) is 0 Å². The quantitative estimate of drug-likeness (QED) is 0.863. The van der Waals surface area contributed by atoms with Crippen molar-refractivity contribution >= 4 is 11.7 Å². The smallest absolute Gasteiger partial charge is 0.376 e. The highest BCUT2D eigenvalue weighted by Crippen LogP contribution is 2.34. The first-order valence-corrected chi connectivity index (χ1v) is 5.38. The Hall–Kier alpha value is -2.50. The van der Waals surface area contributed by atoms with Gasteiger partial charge in [0, 0.05) is 6.07 Å². The van der Waals surface area contributed by atoms with Crippen molar-refractivity contribution in [2.75, 3.05) is 20.0 Å². The number of anilines is 1. The Labute approximate surface area is 108 Å². The lowest BCUT2D eigenvalue weighted by Gasteiger charge is -2.05. The van der Waals surface area contributed by atoms with Crippen LogP contribution in [0.25, 0.3) is 11.3 Å². The van der Waals surface area contributed by atoms with Gasteiger partial charge < -0.3 is 19.6 Å². The molecule has 5 nitrogen and oxygen atoms in total. The first kappa shape index (κ1) is 12.9. The molecule has 2 rings (SSSR count). The minimum Gasteiger partial charge on any atom is -0.496 e. The summed E-state index contributed by atoms with van der Waals surface area (Å²) in [7, 11) is 2.66. The molecule has 2 aromatic rings. The summed E-state index contributed by atoms with van der Waals surface area (Å²) in [4.78, 5) is 11.4. The van der Waals surface area contributed by atoms with E-state index in [1.54, 1.807) is 0 Å². The van der Waals surface area contributed by atoms with Gasteiger partial charge >= 0.3 is 5.97 Å². The molecule has 0 aliphatic carbocycles. The Balaban J connectivity index is 2.53. The molecule has 0 bridgehead atoms. The molecule has 19 heavy (non-hydrogen) atoms. The summed E-state index contributed by atoms with van der Waals surface area (Å²) in [5.41, 5.74) is 6.14. The van der Waals surface area contributed by atoms with Crippen molar-refractivity contribution in [1.82, 2.24) is 0 Å². The standard InChI is InChI=1S/C13H12FNO4/c1-17-10-4-3-7(14)5-8(10)11-6-9(15)12(19-11)13(16)18-2/h3-6H,15H2,1-2H3. The van der Waals surface area contributed by atoms with Gasteiger partial charge in [-0.05, 0) is 18.2 Å². The van der Waals surface area contributed by atoms with E-state index in [0.717, 1.165) is 0 Å². The number of ether oxygens (including phenoxy) is 2. The summed E-state index contributed by atoms with van der Waals surface area (Å²) in [6.45, 7) is 0. The summed E-state index contributed by atoms with van der Waals surface area (Å²) >= 11 is 0. The Kier molecular flexibility index (Phi) is 3.41. The van der Waals surface area contributed by atoms with Gasteiger partial charge in [-0.3, -0.25) is 0 Å². The van der Waals surface area contributed by atoms with Crippen LogP contribution >= 0.6 is 0 Å². The van der Waals surface area contributed by atoms with Crippen molar-refractivity contribution in [3.05, 3.63) is 35.8 Å². The zero-order chi connectivity index (χ0) is 14.0. The largest absolute Gasteiger partial charge is 0.496 e. The summed E-state index contributed by atoms with van der Waals surface area (Å²) < 4.78 is 28.2. The number of hydrogen-bond acceptors (Lipinski definition) is 5. The minimum absolute atomic E-state index is 0.119. The van der Waals surface area contributed by atoms with Crippen LogP contribution in [0.2, 0.25) is 0 Å². The first-order valence-electron chi connectivity index (χ1n) is 5.38. The number of carbonyl (C=O) groups is 1. The van der Waals surface area contributed by atoms with Crippen LogP contribution in [0.5, 0.6) is 5.75 Å². The Morgan fingerprint density at radius 2 is 2.05 bits per heavy atom. The Morgan fingerprint density at radius 1 is 1.32 bits per heavy atom. The van der Waals surface area contributed by atoms with Gasteiger partial charge in [0.1, 0.15) is 17.3 Å². The van der Waals surface area contributed by atoms with E-state index in [1.807, 2.05) is 0 Å². The summed E-state index contributed by atoms with van der Waals surface area (Å²) in [6.07, 6.45) is 0. The third kappa shape index (κ3) is 2.37. The number of furan rings is 1. The number of methoxy groups -OCH3 is 2. The number of nitrogens with two attached hydrogens (primary N) is 1. The zero-order valence-corrected chi connectivity index (χ0v) is 10.4. The molecule has 0 atom stereocenters. The molecular weight excluding hydrogens is 253 g/mol. The molecule has 1 aromatic heterocycles. The lowest BCUT2D eigenvalue weighted by atomic mass is 10.1. The molecule has 100 valence electrons. The maximum absolute atomic E-state index is 13.3. The molecular formula is C13H12FNO4. The number of nitrogen functional groups attached to an aromatic ring is 1. The fourth-order valence-electron chi connectivity index (χ4n) is 1.66. The highest BCUT2D eigenvalue weighted by atomic mass is 19.1. The number of carbonyl (C=O) groups excluding carboxylic acids is 1. The van der Waals surface area contributed by atoms with Gasteiger partial charge in [-0.15, -0.1) is 0 Å². The van der Waals surface area contributed by atoms with Crippen molar-refractivity contribution in [1.29, 1.82) is 0 Å². The van der Waals surface area contributed by atoms with E-state index in [1.165, 1.54) is 38.5 Å². The normalized spacial score (nSPS) is 10.3. The monoisotopic (exact) mass is 265 g/mol. The highest BCUT2D eigenvalue weighted by Gasteiger charge is 2.20. The van der Waals surface area contributed by atoms with Gasteiger partial charge in [0.15, 0.2) is 0 Å². The second-order valence-corrected chi connectivity index (χ2v) is 3.73. The van der Waals surface area contributed by atoms with Crippen LogP contribution in [0.1, 0.15) is 10.6 Å². The van der Waals surface area contributed by atoms with Gasteiger partial charge in [0.05, 0.1) is 25.5 Å². The predicted octanol–water partition coefficient (Wildman–Crippen LogP) is 2.46. The van der Waals surface area contributed by atoms with Gasteiger partial charge in [-0.1, -0.05) is 0 Å². The Bertz CT molecular complexity index is 621. The Morgan fingerprint density at radius 3 is 2.68 bits per heavy atom. The molecule has 0 radical (unpaired) electrons. The average Bonchev–Trinajstić information content (AvgIpc) is 2.79. The topological polar surface area (TPSA) is 74.7 Å². The summed E-state index contributed by atoms with van der Waals surface area (Å²) in [5.74, 6) is -0.630. The van der Waals surface area contributed by atoms with Crippen LogP contribution in [0.4, 0.5) is 10.1 Å². The highest BCUT2D eigenvalue weighted by molar-refractivity contribution is 5.93. The molecule has 0 amide bonds. The molecule has 0 aliphatic heterocycles. The van der Waals surface area contributed by atoms with Crippen molar-refractivity contribution in [2.24, 2.45) is 0 Å².